The van der Waals surface area contributed by atoms with Crippen LogP contribution < -0.4 is 0 Å². The molecule has 2 heterocycles. The Morgan fingerprint density at radius 3 is 2.00 bits per heavy atom. The molecule has 10 heteroatoms. The average Bonchev–Trinajstić information content (AvgIpc) is 3.19. The third kappa shape index (κ3) is 4.19. The lowest BCUT2D eigenvalue weighted by Crippen LogP contribution is -2.45. The van der Waals surface area contributed by atoms with Crippen molar-refractivity contribution in [2.45, 2.75) is 38.1 Å². The van der Waals surface area contributed by atoms with E-state index in [1.165, 1.54) is 24.8 Å². The summed E-state index contributed by atoms with van der Waals surface area (Å²) in [5.74, 6) is -0.257. The van der Waals surface area contributed by atoms with Gasteiger partial charge in [-0.2, -0.15) is 10.2 Å². The van der Waals surface area contributed by atoms with Gasteiger partial charge >= 0.3 is 0 Å². The molecule has 3 aromatic rings. The Labute approximate surface area is 150 Å². The van der Waals surface area contributed by atoms with Crippen molar-refractivity contribution in [2.75, 3.05) is 0 Å². The number of hydrogen-bond donors (Lipinski definition) is 2. The molecule has 0 unspecified atom stereocenters. The highest BCUT2D eigenvalue weighted by atomic mass is 28.4. The van der Waals surface area contributed by atoms with Gasteiger partial charge in [-0.15, -0.1) is 0 Å². The Hall–Kier alpha value is -2.46. The van der Waals surface area contributed by atoms with E-state index in [1.54, 1.807) is 0 Å². The van der Waals surface area contributed by atoms with Crippen LogP contribution in [-0.2, 0) is 22.9 Å². The van der Waals surface area contributed by atoms with Crippen LogP contribution >= 0.6 is 0 Å². The molecule has 2 N–H and O–H groups in total. The van der Waals surface area contributed by atoms with Crippen LogP contribution in [0, 0.1) is 11.6 Å². The predicted molar refractivity (Wildman–Crippen MR) is 92.6 cm³/mol. The minimum Gasteiger partial charge on any atom is -0.407 e. The van der Waals surface area contributed by atoms with Gasteiger partial charge in [-0.25, -0.2) is 18.7 Å². The summed E-state index contributed by atoms with van der Waals surface area (Å²) in [6, 6.07) is 3.50. The number of aromatic nitrogens is 6. The van der Waals surface area contributed by atoms with E-state index in [9.17, 15) is 8.78 Å². The number of nitrogens with zero attached hydrogens (tertiary/aromatic N) is 4. The standard InChI is InChI=1S/C16H20F2N6OSi/c1-26(2,3)25-16(7-14-19-9-21-23-14,8-15-20-10-22-24-15)12-5-4-11(17)6-13(12)18/h4-6,9-10H,7-8H2,1-3H3,(H,19,21,23)(H,20,22,24). The van der Waals surface area contributed by atoms with Gasteiger partial charge in [-0.3, -0.25) is 10.2 Å². The first-order chi connectivity index (χ1) is 12.3. The summed E-state index contributed by atoms with van der Waals surface area (Å²) in [6.45, 7) is 6.01. The van der Waals surface area contributed by atoms with Gasteiger partial charge in [0.25, 0.3) is 0 Å². The minimum atomic E-state index is -2.16. The minimum absolute atomic E-state index is 0.223. The van der Waals surface area contributed by atoms with Crippen LogP contribution in [0.5, 0.6) is 0 Å². The molecule has 3 rings (SSSR count). The van der Waals surface area contributed by atoms with Crippen molar-refractivity contribution in [1.29, 1.82) is 0 Å². The number of halogens is 2. The lowest BCUT2D eigenvalue weighted by atomic mass is 9.86. The lowest BCUT2D eigenvalue weighted by molar-refractivity contribution is 0.0499. The number of nitrogens with one attached hydrogen (secondary N) is 2. The summed E-state index contributed by atoms with van der Waals surface area (Å²) >= 11 is 0. The Bertz CT molecular complexity index is 812. The largest absolute Gasteiger partial charge is 0.407 e. The maximum absolute atomic E-state index is 14.8. The summed E-state index contributed by atoms with van der Waals surface area (Å²) in [6.07, 6.45) is 3.20. The van der Waals surface area contributed by atoms with E-state index < -0.39 is 25.6 Å². The Morgan fingerprint density at radius 2 is 1.58 bits per heavy atom. The van der Waals surface area contributed by atoms with Crippen LogP contribution in [0.25, 0.3) is 0 Å². The molecule has 0 spiro atoms. The molecule has 0 aliphatic carbocycles. The lowest BCUT2D eigenvalue weighted by Gasteiger charge is -2.39. The first-order valence-electron chi connectivity index (χ1n) is 8.12. The molecule has 0 aliphatic heterocycles. The quantitative estimate of drug-likeness (QED) is 0.617. The number of hydrogen-bond acceptors (Lipinski definition) is 5. The highest BCUT2D eigenvalue weighted by Gasteiger charge is 2.42. The van der Waals surface area contributed by atoms with E-state index in [0.717, 1.165) is 6.07 Å². The number of rotatable bonds is 7. The topological polar surface area (TPSA) is 92.4 Å². The van der Waals surface area contributed by atoms with Crippen LogP contribution in [-0.4, -0.2) is 38.7 Å². The van der Waals surface area contributed by atoms with E-state index in [0.29, 0.717) is 11.6 Å². The molecule has 26 heavy (non-hydrogen) atoms. The van der Waals surface area contributed by atoms with E-state index in [1.807, 2.05) is 19.6 Å². The average molecular weight is 378 g/mol. The van der Waals surface area contributed by atoms with Crippen molar-refractivity contribution >= 4 is 8.32 Å². The Balaban J connectivity index is 2.14. The Kier molecular flexibility index (Phi) is 4.96. The molecule has 0 amide bonds. The van der Waals surface area contributed by atoms with Gasteiger partial charge in [0.2, 0.25) is 0 Å². The maximum Gasteiger partial charge on any atom is 0.185 e. The predicted octanol–water partition coefficient (Wildman–Crippen LogP) is 2.73. The van der Waals surface area contributed by atoms with Gasteiger partial charge in [0.15, 0.2) is 8.32 Å². The molecule has 0 radical (unpaired) electrons. The van der Waals surface area contributed by atoms with Crippen LogP contribution in [0.4, 0.5) is 8.78 Å². The van der Waals surface area contributed by atoms with E-state index >= 15 is 0 Å². The highest BCUT2D eigenvalue weighted by molar-refractivity contribution is 6.69. The smallest absolute Gasteiger partial charge is 0.185 e. The highest BCUT2D eigenvalue weighted by Crippen LogP contribution is 2.37. The third-order valence-corrected chi connectivity index (χ3v) is 4.76. The second-order valence-electron chi connectivity index (χ2n) is 7.05. The van der Waals surface area contributed by atoms with Crippen LogP contribution in [0.3, 0.4) is 0 Å². The molecule has 1 aromatic carbocycles. The van der Waals surface area contributed by atoms with Gasteiger partial charge in [0, 0.05) is 24.5 Å². The summed E-state index contributed by atoms with van der Waals surface area (Å²) in [5.41, 5.74) is -0.893. The van der Waals surface area contributed by atoms with Gasteiger partial charge < -0.3 is 4.43 Å². The van der Waals surface area contributed by atoms with Crippen molar-refractivity contribution in [2.24, 2.45) is 0 Å². The fourth-order valence-electron chi connectivity index (χ4n) is 3.00. The molecular weight excluding hydrogens is 358 g/mol. The van der Waals surface area contributed by atoms with Crippen molar-refractivity contribution < 1.29 is 13.2 Å². The number of benzene rings is 1. The zero-order valence-corrected chi connectivity index (χ0v) is 15.8. The van der Waals surface area contributed by atoms with Crippen LogP contribution in [0.15, 0.2) is 30.9 Å². The first-order valence-corrected chi connectivity index (χ1v) is 11.5. The van der Waals surface area contributed by atoms with Crippen molar-refractivity contribution in [3.8, 4) is 0 Å². The molecular formula is C16H20F2N6OSi. The zero-order valence-electron chi connectivity index (χ0n) is 14.8. The summed E-state index contributed by atoms with van der Waals surface area (Å²) in [5, 5.41) is 13.3. The fourth-order valence-corrected chi connectivity index (χ4v) is 4.42. The molecule has 0 saturated heterocycles. The maximum atomic E-state index is 14.8. The second-order valence-corrected chi connectivity index (χ2v) is 11.5. The SMILES string of the molecule is C[Si](C)(C)OC(Cc1ncn[nH]1)(Cc1ncn[nH]1)c1ccc(F)cc1F. The normalized spacial score (nSPS) is 12.5. The molecule has 138 valence electrons. The van der Waals surface area contributed by atoms with Gasteiger partial charge in [0.05, 0.1) is 5.60 Å². The summed E-state index contributed by atoms with van der Waals surface area (Å²) in [7, 11) is -2.16. The molecule has 0 saturated carbocycles. The van der Waals surface area contributed by atoms with Crippen LogP contribution in [0.1, 0.15) is 17.2 Å². The Morgan fingerprint density at radius 1 is 1.00 bits per heavy atom. The molecule has 0 aliphatic rings. The van der Waals surface area contributed by atoms with Crippen molar-refractivity contribution in [1.82, 2.24) is 30.4 Å². The monoisotopic (exact) mass is 378 g/mol. The second kappa shape index (κ2) is 7.04. The molecule has 0 atom stereocenters. The first kappa shape index (κ1) is 18.3. The third-order valence-electron chi connectivity index (χ3n) is 3.76. The summed E-state index contributed by atoms with van der Waals surface area (Å²) in [4.78, 5) is 8.32. The van der Waals surface area contributed by atoms with E-state index in [2.05, 4.69) is 30.4 Å². The van der Waals surface area contributed by atoms with Gasteiger partial charge in [0.1, 0.15) is 35.9 Å². The zero-order chi connectivity index (χ0) is 18.8. The number of H-pyrrole nitrogens is 2. The fraction of sp³-hybridized carbons (Fsp3) is 0.375. The molecule has 0 fully saturated rings. The number of aromatic amines is 2. The molecule has 0 bridgehead atoms. The summed E-state index contributed by atoms with van der Waals surface area (Å²) < 4.78 is 34.8. The van der Waals surface area contributed by atoms with Crippen LogP contribution in [0.2, 0.25) is 19.6 Å². The molecule has 7 nitrogen and oxygen atoms in total. The van der Waals surface area contributed by atoms with Crippen molar-refractivity contribution in [3.05, 3.63) is 59.7 Å². The van der Waals surface area contributed by atoms with E-state index in [4.69, 9.17) is 4.43 Å². The van der Waals surface area contributed by atoms with E-state index in [-0.39, 0.29) is 18.4 Å². The van der Waals surface area contributed by atoms with Gasteiger partial charge in [-0.05, 0) is 25.7 Å². The molecule has 2 aromatic heterocycles. The van der Waals surface area contributed by atoms with Gasteiger partial charge in [-0.1, -0.05) is 6.07 Å². The van der Waals surface area contributed by atoms with Crippen molar-refractivity contribution in [3.63, 3.8) is 0 Å².